The van der Waals surface area contributed by atoms with Crippen molar-refractivity contribution in [2.24, 2.45) is 11.8 Å². The van der Waals surface area contributed by atoms with Gasteiger partial charge in [0.15, 0.2) is 0 Å². The predicted octanol–water partition coefficient (Wildman–Crippen LogP) is 2.53. The molecule has 1 aromatic rings. The molecule has 2 rings (SSSR count). The van der Waals surface area contributed by atoms with Crippen LogP contribution in [0.5, 0.6) is 0 Å². The minimum Gasteiger partial charge on any atom is -0.481 e. The minimum absolute atomic E-state index is 0.196. The van der Waals surface area contributed by atoms with Crippen LogP contribution in [0.4, 0.5) is 18.3 Å². The second-order valence-corrected chi connectivity index (χ2v) is 7.09. The Bertz CT molecular complexity index is 539. The van der Waals surface area contributed by atoms with Crippen LogP contribution < -0.4 is 4.90 Å². The number of aliphatic carboxylic acids is 1. The highest BCUT2D eigenvalue weighted by Crippen LogP contribution is 2.40. The average molecular weight is 323 g/mol. The molecule has 0 amide bonds. The molecular formula is C12H16F3N3O2S. The molecule has 1 N–H and O–H groups in total. The third-order valence-corrected chi connectivity index (χ3v) is 4.79. The molecule has 0 unspecified atom stereocenters. The fraction of sp³-hybridized carbons (Fsp3) is 0.750. The monoisotopic (exact) mass is 323 g/mol. The van der Waals surface area contributed by atoms with E-state index >= 15 is 0 Å². The van der Waals surface area contributed by atoms with Crippen LogP contribution >= 0.6 is 11.3 Å². The number of alkyl halides is 3. The number of carbonyl (C=O) groups is 1. The van der Waals surface area contributed by atoms with Crippen LogP contribution in [0.1, 0.15) is 25.8 Å². The van der Waals surface area contributed by atoms with Gasteiger partial charge in [-0.25, -0.2) is 0 Å². The molecular weight excluding hydrogens is 307 g/mol. The van der Waals surface area contributed by atoms with Gasteiger partial charge in [0.1, 0.15) is 5.01 Å². The molecule has 5 nitrogen and oxygen atoms in total. The van der Waals surface area contributed by atoms with Crippen molar-refractivity contribution in [2.75, 3.05) is 18.0 Å². The average Bonchev–Trinajstić information content (AvgIpc) is 2.93. The quantitative estimate of drug-likeness (QED) is 0.906. The Kier molecular flexibility index (Phi) is 3.90. The maximum Gasteiger partial charge on any atom is 0.394 e. The second-order valence-electron chi connectivity index (χ2n) is 6.14. The van der Waals surface area contributed by atoms with E-state index in [-0.39, 0.29) is 18.5 Å². The van der Waals surface area contributed by atoms with Crippen molar-refractivity contribution < 1.29 is 23.1 Å². The van der Waals surface area contributed by atoms with Crippen LogP contribution in [0.3, 0.4) is 0 Å². The van der Waals surface area contributed by atoms with Crippen molar-refractivity contribution in [3.8, 4) is 0 Å². The third-order valence-electron chi connectivity index (χ3n) is 3.38. The predicted molar refractivity (Wildman–Crippen MR) is 71.5 cm³/mol. The van der Waals surface area contributed by atoms with Gasteiger partial charge in [-0.1, -0.05) is 32.1 Å². The topological polar surface area (TPSA) is 66.3 Å². The molecule has 118 valence electrons. The summed E-state index contributed by atoms with van der Waals surface area (Å²) in [5.41, 5.74) is -0.245. The number of nitrogens with zero attached hydrogens (tertiary/aromatic N) is 3. The molecule has 0 aliphatic carbocycles. The highest BCUT2D eigenvalue weighted by atomic mass is 32.1. The van der Waals surface area contributed by atoms with Gasteiger partial charge in [0.2, 0.25) is 5.13 Å². The largest absolute Gasteiger partial charge is 0.481 e. The normalized spacial score (nSPS) is 23.6. The Morgan fingerprint density at radius 1 is 1.29 bits per heavy atom. The van der Waals surface area contributed by atoms with E-state index in [1.165, 1.54) is 16.2 Å². The molecule has 1 fully saturated rings. The summed E-state index contributed by atoms with van der Waals surface area (Å²) in [6, 6.07) is 0. The minimum atomic E-state index is -4.53. The Hall–Kier alpha value is -1.38. The molecule has 1 aliphatic heterocycles. The van der Waals surface area contributed by atoms with Crippen molar-refractivity contribution in [1.82, 2.24) is 10.2 Å². The lowest BCUT2D eigenvalue weighted by molar-refractivity contribution is -0.187. The fourth-order valence-electron chi connectivity index (χ4n) is 2.19. The van der Waals surface area contributed by atoms with Crippen LogP contribution in [-0.4, -0.2) is 40.5 Å². The molecule has 1 aliphatic rings. The third kappa shape index (κ3) is 3.28. The van der Waals surface area contributed by atoms with Crippen LogP contribution in [0.25, 0.3) is 0 Å². The maximum absolute atomic E-state index is 12.9. The Morgan fingerprint density at radius 3 is 2.29 bits per heavy atom. The number of rotatable bonds is 2. The van der Waals surface area contributed by atoms with Gasteiger partial charge in [-0.05, 0) is 0 Å². The van der Waals surface area contributed by atoms with Crippen LogP contribution in [0.15, 0.2) is 0 Å². The molecule has 0 saturated carbocycles. The first-order valence-corrected chi connectivity index (χ1v) is 7.20. The lowest BCUT2D eigenvalue weighted by Gasteiger charge is -2.17. The molecule has 9 heteroatoms. The number of hydrogen-bond acceptors (Lipinski definition) is 5. The van der Waals surface area contributed by atoms with Crippen LogP contribution in [0.2, 0.25) is 0 Å². The summed E-state index contributed by atoms with van der Waals surface area (Å²) < 4.78 is 38.8. The van der Waals surface area contributed by atoms with E-state index in [0.717, 1.165) is 0 Å². The summed E-state index contributed by atoms with van der Waals surface area (Å²) in [7, 11) is 0. The van der Waals surface area contributed by atoms with Crippen molar-refractivity contribution in [2.45, 2.75) is 32.4 Å². The van der Waals surface area contributed by atoms with Crippen molar-refractivity contribution in [3.05, 3.63) is 5.01 Å². The molecule has 1 saturated heterocycles. The van der Waals surface area contributed by atoms with E-state index in [9.17, 15) is 18.0 Å². The molecule has 0 aromatic carbocycles. The lowest BCUT2D eigenvalue weighted by atomic mass is 9.96. The van der Waals surface area contributed by atoms with Crippen LogP contribution in [0, 0.1) is 11.8 Å². The Balaban J connectivity index is 2.23. The number of hydrogen-bond donors (Lipinski definition) is 1. The summed E-state index contributed by atoms with van der Waals surface area (Å²) in [4.78, 5) is 12.4. The molecule has 21 heavy (non-hydrogen) atoms. The Labute approximate surface area is 123 Å². The summed E-state index contributed by atoms with van der Waals surface area (Å²) >= 11 is 1.21. The molecule has 0 bridgehead atoms. The molecule has 2 atom stereocenters. The molecule has 2 heterocycles. The standard InChI is InChI=1S/C12H16F3N3O2S/c1-11(2,3)9-16-17-10(21-9)18-4-6(8(19)20)7(5-18)12(13,14)15/h6-7H,4-5H2,1-3H3,(H,19,20)/t6-,7-/m1/s1. The number of carboxylic acid groups (broad SMARTS) is 1. The van der Waals surface area contributed by atoms with Gasteiger partial charge in [-0.3, -0.25) is 4.79 Å². The zero-order chi connectivity index (χ0) is 16.0. The molecule has 1 aromatic heterocycles. The molecule has 0 spiro atoms. The summed E-state index contributed by atoms with van der Waals surface area (Å²) in [6.07, 6.45) is -4.53. The van der Waals surface area contributed by atoms with E-state index in [4.69, 9.17) is 5.11 Å². The van der Waals surface area contributed by atoms with E-state index in [2.05, 4.69) is 10.2 Å². The SMILES string of the molecule is CC(C)(C)c1nnc(N2C[C@@H](C(F)(F)F)[C@H](C(=O)O)C2)s1. The van der Waals surface area contributed by atoms with E-state index < -0.39 is 24.0 Å². The number of carboxylic acids is 1. The van der Waals surface area contributed by atoms with E-state index in [1.54, 1.807) is 0 Å². The van der Waals surface area contributed by atoms with Gasteiger partial charge in [0.25, 0.3) is 0 Å². The first kappa shape index (κ1) is 16.0. The van der Waals surface area contributed by atoms with Gasteiger partial charge in [0, 0.05) is 18.5 Å². The highest BCUT2D eigenvalue weighted by Gasteiger charge is 2.53. The van der Waals surface area contributed by atoms with Crippen molar-refractivity contribution in [1.29, 1.82) is 0 Å². The summed E-state index contributed by atoms with van der Waals surface area (Å²) in [6.45, 7) is 5.21. The Morgan fingerprint density at radius 2 is 1.90 bits per heavy atom. The smallest absolute Gasteiger partial charge is 0.394 e. The van der Waals surface area contributed by atoms with Gasteiger partial charge in [0.05, 0.1) is 11.8 Å². The zero-order valence-electron chi connectivity index (χ0n) is 11.8. The first-order valence-electron chi connectivity index (χ1n) is 6.38. The van der Waals surface area contributed by atoms with Crippen molar-refractivity contribution in [3.63, 3.8) is 0 Å². The van der Waals surface area contributed by atoms with Crippen molar-refractivity contribution >= 4 is 22.4 Å². The molecule has 0 radical (unpaired) electrons. The second kappa shape index (κ2) is 5.11. The lowest BCUT2D eigenvalue weighted by Crippen LogP contribution is -2.33. The van der Waals surface area contributed by atoms with Crippen LogP contribution in [-0.2, 0) is 10.2 Å². The number of halogens is 3. The van der Waals surface area contributed by atoms with Gasteiger partial charge < -0.3 is 10.0 Å². The van der Waals surface area contributed by atoms with Gasteiger partial charge >= 0.3 is 12.1 Å². The zero-order valence-corrected chi connectivity index (χ0v) is 12.6. The summed E-state index contributed by atoms with van der Waals surface area (Å²) in [5, 5.41) is 17.9. The maximum atomic E-state index is 12.9. The van der Waals surface area contributed by atoms with Gasteiger partial charge in [-0.15, -0.1) is 10.2 Å². The van der Waals surface area contributed by atoms with E-state index in [1.807, 2.05) is 20.8 Å². The van der Waals surface area contributed by atoms with Gasteiger partial charge in [-0.2, -0.15) is 13.2 Å². The number of aromatic nitrogens is 2. The fourth-order valence-corrected chi connectivity index (χ4v) is 3.11. The van der Waals surface area contributed by atoms with E-state index in [0.29, 0.717) is 10.1 Å². The highest BCUT2D eigenvalue weighted by molar-refractivity contribution is 7.15. The summed E-state index contributed by atoms with van der Waals surface area (Å²) in [5.74, 6) is -4.77. The number of anilines is 1. The first-order chi connectivity index (χ1) is 9.50.